The van der Waals surface area contributed by atoms with Gasteiger partial charge in [0, 0.05) is 19.6 Å². The SMILES string of the molecule is NC(=O)/C(O)=C/c1ccc2c(c1)CN(CCc1cn[nH]c1-c1ccccc1)CC2. The van der Waals surface area contributed by atoms with E-state index in [9.17, 15) is 9.90 Å². The number of carbonyl (C=O) groups excluding carboxylic acids is 1. The number of rotatable bonds is 6. The van der Waals surface area contributed by atoms with Crippen LogP contribution in [0.1, 0.15) is 22.3 Å². The maximum atomic E-state index is 11.1. The van der Waals surface area contributed by atoms with Gasteiger partial charge in [0.05, 0.1) is 11.9 Å². The maximum Gasteiger partial charge on any atom is 0.283 e. The first kappa shape index (κ1) is 19.0. The number of hydrogen-bond acceptors (Lipinski definition) is 4. The Bertz CT molecular complexity index is 1040. The number of benzene rings is 2. The first-order valence-electron chi connectivity index (χ1n) is 9.72. The Balaban J connectivity index is 1.44. The minimum Gasteiger partial charge on any atom is -0.503 e. The standard InChI is InChI=1S/C23H24N4O2/c24-23(29)21(28)13-16-6-7-17-8-10-27(15-20(17)12-16)11-9-19-14-25-26-22(19)18-4-2-1-3-5-18/h1-7,12-14,28H,8-11,15H2,(H2,24,29)(H,25,26)/b21-13-. The minimum atomic E-state index is -0.821. The van der Waals surface area contributed by atoms with Crippen LogP contribution in [0.15, 0.2) is 60.5 Å². The van der Waals surface area contributed by atoms with E-state index in [1.54, 1.807) is 0 Å². The summed E-state index contributed by atoms with van der Waals surface area (Å²) in [6.45, 7) is 2.78. The molecule has 0 aliphatic carbocycles. The molecule has 0 bridgehead atoms. The Morgan fingerprint density at radius 1 is 1.21 bits per heavy atom. The number of H-pyrrole nitrogens is 1. The van der Waals surface area contributed by atoms with E-state index in [0.29, 0.717) is 0 Å². The van der Waals surface area contributed by atoms with Crippen LogP contribution in [0.5, 0.6) is 0 Å². The van der Waals surface area contributed by atoms with Gasteiger partial charge in [-0.25, -0.2) is 0 Å². The zero-order chi connectivity index (χ0) is 20.2. The van der Waals surface area contributed by atoms with Crippen molar-refractivity contribution in [1.82, 2.24) is 15.1 Å². The van der Waals surface area contributed by atoms with E-state index < -0.39 is 11.7 Å². The normalized spacial score (nSPS) is 14.6. The van der Waals surface area contributed by atoms with Gasteiger partial charge in [-0.05, 0) is 46.7 Å². The van der Waals surface area contributed by atoms with Crippen molar-refractivity contribution in [3.8, 4) is 11.3 Å². The molecule has 0 saturated heterocycles. The molecule has 0 unspecified atom stereocenters. The van der Waals surface area contributed by atoms with Crippen molar-refractivity contribution in [2.45, 2.75) is 19.4 Å². The van der Waals surface area contributed by atoms with Crippen LogP contribution in [0.25, 0.3) is 17.3 Å². The molecule has 4 rings (SSSR count). The van der Waals surface area contributed by atoms with Crippen LogP contribution in [-0.4, -0.2) is 39.2 Å². The molecule has 1 aromatic heterocycles. The summed E-state index contributed by atoms with van der Waals surface area (Å²) in [6.07, 6.45) is 5.23. The summed E-state index contributed by atoms with van der Waals surface area (Å²) in [4.78, 5) is 13.5. The molecule has 0 radical (unpaired) electrons. The van der Waals surface area contributed by atoms with Crippen LogP contribution in [0.4, 0.5) is 0 Å². The van der Waals surface area contributed by atoms with Crippen molar-refractivity contribution >= 4 is 12.0 Å². The number of fused-ring (bicyclic) bond motifs is 1. The molecule has 6 heteroatoms. The van der Waals surface area contributed by atoms with Gasteiger partial charge in [0.25, 0.3) is 5.91 Å². The third-order valence-corrected chi connectivity index (χ3v) is 5.36. The second-order valence-electron chi connectivity index (χ2n) is 7.33. The molecule has 0 fully saturated rings. The first-order valence-corrected chi connectivity index (χ1v) is 9.72. The van der Waals surface area contributed by atoms with E-state index in [1.165, 1.54) is 22.8 Å². The molecular formula is C23H24N4O2. The van der Waals surface area contributed by atoms with Gasteiger partial charge in [0.15, 0.2) is 5.76 Å². The average Bonchev–Trinajstić information content (AvgIpc) is 3.21. The molecular weight excluding hydrogens is 364 g/mol. The van der Waals surface area contributed by atoms with Gasteiger partial charge in [-0.2, -0.15) is 5.10 Å². The van der Waals surface area contributed by atoms with Crippen LogP contribution in [0.2, 0.25) is 0 Å². The van der Waals surface area contributed by atoms with Gasteiger partial charge in [-0.15, -0.1) is 0 Å². The summed E-state index contributed by atoms with van der Waals surface area (Å²) in [5.74, 6) is -1.25. The summed E-state index contributed by atoms with van der Waals surface area (Å²) in [5.41, 5.74) is 11.9. The van der Waals surface area contributed by atoms with Gasteiger partial charge in [-0.3, -0.25) is 14.8 Å². The Morgan fingerprint density at radius 3 is 2.83 bits per heavy atom. The zero-order valence-electron chi connectivity index (χ0n) is 16.1. The summed E-state index contributed by atoms with van der Waals surface area (Å²) in [7, 11) is 0. The first-order chi connectivity index (χ1) is 14.1. The van der Waals surface area contributed by atoms with Crippen LogP contribution < -0.4 is 5.73 Å². The van der Waals surface area contributed by atoms with E-state index >= 15 is 0 Å². The van der Waals surface area contributed by atoms with Gasteiger partial charge in [0.1, 0.15) is 0 Å². The minimum absolute atomic E-state index is 0.425. The molecule has 2 aromatic carbocycles. The van der Waals surface area contributed by atoms with E-state index in [-0.39, 0.29) is 0 Å². The van der Waals surface area contributed by atoms with Crippen LogP contribution in [0.3, 0.4) is 0 Å². The fourth-order valence-corrected chi connectivity index (χ4v) is 3.78. The summed E-state index contributed by atoms with van der Waals surface area (Å²) in [5, 5.41) is 17.0. The molecule has 2 heterocycles. The predicted octanol–water partition coefficient (Wildman–Crippen LogP) is 3.06. The lowest BCUT2D eigenvalue weighted by molar-refractivity contribution is -0.116. The molecule has 1 amide bonds. The molecule has 4 N–H and O–H groups in total. The number of aromatic amines is 1. The highest BCUT2D eigenvalue weighted by molar-refractivity contribution is 5.94. The molecule has 0 spiro atoms. The van der Waals surface area contributed by atoms with E-state index in [2.05, 4.69) is 33.3 Å². The van der Waals surface area contributed by atoms with Gasteiger partial charge in [-0.1, -0.05) is 48.5 Å². The highest BCUT2D eigenvalue weighted by atomic mass is 16.3. The van der Waals surface area contributed by atoms with Crippen LogP contribution in [-0.2, 0) is 24.2 Å². The molecule has 0 saturated carbocycles. The number of aliphatic hydroxyl groups excluding tert-OH is 1. The van der Waals surface area contributed by atoms with Gasteiger partial charge >= 0.3 is 0 Å². The van der Waals surface area contributed by atoms with Crippen LogP contribution >= 0.6 is 0 Å². The number of aliphatic hydroxyl groups is 1. The topological polar surface area (TPSA) is 95.2 Å². The van der Waals surface area contributed by atoms with Crippen molar-refractivity contribution in [3.63, 3.8) is 0 Å². The number of nitrogens with two attached hydrogens (primary N) is 1. The van der Waals surface area contributed by atoms with Crippen molar-refractivity contribution < 1.29 is 9.90 Å². The second-order valence-corrected chi connectivity index (χ2v) is 7.33. The molecule has 1 aliphatic rings. The lowest BCUT2D eigenvalue weighted by atomic mass is 9.96. The molecule has 29 heavy (non-hydrogen) atoms. The van der Waals surface area contributed by atoms with E-state index in [1.807, 2.05) is 36.5 Å². The van der Waals surface area contributed by atoms with E-state index in [4.69, 9.17) is 5.73 Å². The van der Waals surface area contributed by atoms with Crippen LogP contribution in [0, 0.1) is 0 Å². The highest BCUT2D eigenvalue weighted by Crippen LogP contribution is 2.24. The lowest BCUT2D eigenvalue weighted by Crippen LogP contribution is -2.32. The number of aromatic nitrogens is 2. The second kappa shape index (κ2) is 8.32. The fraction of sp³-hybridized carbons (Fsp3) is 0.217. The number of carbonyl (C=O) groups is 1. The number of nitrogens with zero attached hydrogens (tertiary/aromatic N) is 2. The quantitative estimate of drug-likeness (QED) is 0.447. The number of nitrogens with one attached hydrogen (secondary N) is 1. The molecule has 6 nitrogen and oxygen atoms in total. The smallest absolute Gasteiger partial charge is 0.283 e. The third-order valence-electron chi connectivity index (χ3n) is 5.36. The predicted molar refractivity (Wildman–Crippen MR) is 113 cm³/mol. The average molecular weight is 388 g/mol. The largest absolute Gasteiger partial charge is 0.503 e. The Hall–Kier alpha value is -3.38. The Labute approximate surface area is 169 Å². The Kier molecular flexibility index (Phi) is 5.44. The van der Waals surface area contributed by atoms with Crippen molar-refractivity contribution in [1.29, 1.82) is 0 Å². The number of primary amides is 1. The Morgan fingerprint density at radius 2 is 2.03 bits per heavy atom. The number of amides is 1. The molecule has 0 atom stereocenters. The summed E-state index contributed by atoms with van der Waals surface area (Å²) < 4.78 is 0. The lowest BCUT2D eigenvalue weighted by Gasteiger charge is -2.29. The highest BCUT2D eigenvalue weighted by Gasteiger charge is 2.17. The fourth-order valence-electron chi connectivity index (χ4n) is 3.78. The summed E-state index contributed by atoms with van der Waals surface area (Å²) >= 11 is 0. The zero-order valence-corrected chi connectivity index (χ0v) is 16.1. The molecule has 1 aliphatic heterocycles. The monoisotopic (exact) mass is 388 g/mol. The third kappa shape index (κ3) is 4.38. The van der Waals surface area contributed by atoms with Gasteiger partial charge < -0.3 is 10.8 Å². The maximum absolute atomic E-state index is 11.1. The van der Waals surface area contributed by atoms with Crippen molar-refractivity contribution in [2.24, 2.45) is 5.73 Å². The summed E-state index contributed by atoms with van der Waals surface area (Å²) in [6, 6.07) is 16.2. The molecule has 148 valence electrons. The van der Waals surface area contributed by atoms with E-state index in [0.717, 1.165) is 49.3 Å². The van der Waals surface area contributed by atoms with Crippen molar-refractivity contribution in [2.75, 3.05) is 13.1 Å². The van der Waals surface area contributed by atoms with Crippen molar-refractivity contribution in [3.05, 3.63) is 82.7 Å². The molecule has 3 aromatic rings. The van der Waals surface area contributed by atoms with Gasteiger partial charge in [0.2, 0.25) is 0 Å². The number of hydrogen-bond donors (Lipinski definition) is 3.